The van der Waals surface area contributed by atoms with Crippen LogP contribution in [0, 0.1) is 6.61 Å². The van der Waals surface area contributed by atoms with Crippen LogP contribution in [0.5, 0.6) is 5.75 Å². The van der Waals surface area contributed by atoms with E-state index in [9.17, 15) is 13.2 Å². The van der Waals surface area contributed by atoms with E-state index >= 15 is 0 Å². The molecule has 0 bridgehead atoms. The highest BCUT2D eigenvalue weighted by Crippen LogP contribution is 2.19. The van der Waals surface area contributed by atoms with Gasteiger partial charge in [-0.3, -0.25) is 0 Å². The third kappa shape index (κ3) is 3.66. The smallest absolute Gasteiger partial charge is 0.422 e. The van der Waals surface area contributed by atoms with E-state index in [1.54, 1.807) is 6.07 Å². The van der Waals surface area contributed by atoms with Crippen LogP contribution in [0.2, 0.25) is 0 Å². The maximum Gasteiger partial charge on any atom is 0.422 e. The van der Waals surface area contributed by atoms with E-state index in [2.05, 4.69) is 4.74 Å². The molecule has 0 spiro atoms. The number of ether oxygens (including phenoxy) is 1. The molecule has 1 aromatic carbocycles. The van der Waals surface area contributed by atoms with Crippen molar-refractivity contribution in [2.24, 2.45) is 0 Å². The molecule has 1 rings (SSSR count). The van der Waals surface area contributed by atoms with Gasteiger partial charge in [-0.25, -0.2) is 0 Å². The molecular weight excluding hydrogens is 197 g/mol. The molecule has 1 N–H and O–H groups in total. The quantitative estimate of drug-likeness (QED) is 0.821. The summed E-state index contributed by atoms with van der Waals surface area (Å²) in [6.45, 7) is -0.539. The fraction of sp³-hybridized carbons (Fsp3) is 0.222. The van der Waals surface area contributed by atoms with Gasteiger partial charge in [0.15, 0.2) is 6.61 Å². The fourth-order valence-corrected chi connectivity index (χ4v) is 0.850. The summed E-state index contributed by atoms with van der Waals surface area (Å²) in [5.74, 6) is 0.0742. The second kappa shape index (κ2) is 4.32. The van der Waals surface area contributed by atoms with Gasteiger partial charge in [-0.05, 0) is 17.7 Å². The van der Waals surface area contributed by atoms with Crippen LogP contribution < -0.4 is 4.74 Å². The molecule has 0 unspecified atom stereocenters. The van der Waals surface area contributed by atoms with Crippen molar-refractivity contribution < 1.29 is 23.0 Å². The molecule has 77 valence electrons. The van der Waals surface area contributed by atoms with Gasteiger partial charge in [0, 0.05) is 0 Å². The molecule has 0 aliphatic carbocycles. The number of benzene rings is 1. The molecule has 14 heavy (non-hydrogen) atoms. The second-order valence-electron chi connectivity index (χ2n) is 2.61. The molecule has 0 amide bonds. The van der Waals surface area contributed by atoms with E-state index in [-0.39, 0.29) is 5.75 Å². The number of rotatable bonds is 3. The van der Waals surface area contributed by atoms with Crippen molar-refractivity contribution in [1.29, 1.82) is 0 Å². The van der Waals surface area contributed by atoms with Crippen LogP contribution in [0.25, 0.3) is 0 Å². The first-order valence-corrected chi connectivity index (χ1v) is 3.78. The standard InChI is InChI=1S/C9H8F3O2/c10-9(11,12)6-14-8-3-1-2-7(4-8)5-13/h1-5,13H,6H2. The van der Waals surface area contributed by atoms with Gasteiger partial charge in [0.2, 0.25) is 0 Å². The Morgan fingerprint density at radius 1 is 1.36 bits per heavy atom. The molecule has 0 aliphatic heterocycles. The Labute approximate surface area is 78.9 Å². The van der Waals surface area contributed by atoms with Crippen molar-refractivity contribution in [1.82, 2.24) is 0 Å². The molecule has 0 aliphatic rings. The predicted octanol–water partition coefficient (Wildman–Crippen LogP) is 2.51. The summed E-state index contributed by atoms with van der Waals surface area (Å²) in [5, 5.41) is 8.59. The third-order valence-electron chi connectivity index (χ3n) is 1.41. The third-order valence-corrected chi connectivity index (χ3v) is 1.41. The zero-order valence-corrected chi connectivity index (χ0v) is 7.08. The lowest BCUT2D eigenvalue weighted by molar-refractivity contribution is -0.153. The number of halogens is 3. The summed E-state index contributed by atoms with van der Waals surface area (Å²) in [6, 6.07) is 5.73. The van der Waals surface area contributed by atoms with E-state index < -0.39 is 12.8 Å². The Balaban J connectivity index is 2.59. The molecule has 0 atom stereocenters. The minimum Gasteiger partial charge on any atom is -0.484 e. The van der Waals surface area contributed by atoms with Crippen molar-refractivity contribution in [2.45, 2.75) is 6.18 Å². The van der Waals surface area contributed by atoms with E-state index in [1.165, 1.54) is 18.2 Å². The van der Waals surface area contributed by atoms with E-state index in [1.807, 2.05) is 0 Å². The van der Waals surface area contributed by atoms with Gasteiger partial charge in [0.05, 0.1) is 0 Å². The summed E-state index contributed by atoms with van der Waals surface area (Å²) >= 11 is 0. The van der Waals surface area contributed by atoms with Crippen LogP contribution in [-0.4, -0.2) is 17.9 Å². The first-order valence-electron chi connectivity index (χ1n) is 3.78. The van der Waals surface area contributed by atoms with Crippen molar-refractivity contribution in [3.63, 3.8) is 0 Å². The number of alkyl halides is 3. The van der Waals surface area contributed by atoms with Crippen LogP contribution in [-0.2, 0) is 0 Å². The van der Waals surface area contributed by atoms with Crippen LogP contribution in [0.15, 0.2) is 24.3 Å². The van der Waals surface area contributed by atoms with E-state index in [4.69, 9.17) is 5.11 Å². The number of hydrogen-bond acceptors (Lipinski definition) is 2. The highest BCUT2D eigenvalue weighted by molar-refractivity contribution is 5.31. The molecule has 5 heteroatoms. The lowest BCUT2D eigenvalue weighted by Crippen LogP contribution is -2.19. The average molecular weight is 205 g/mol. The lowest BCUT2D eigenvalue weighted by atomic mass is 10.2. The molecular formula is C9H8F3O2. The van der Waals surface area contributed by atoms with Gasteiger partial charge >= 0.3 is 6.18 Å². The maximum absolute atomic E-state index is 11.7. The summed E-state index contributed by atoms with van der Waals surface area (Å²) in [6.07, 6.45) is -4.35. The van der Waals surface area contributed by atoms with Crippen LogP contribution in [0.1, 0.15) is 5.56 Å². The highest BCUT2D eigenvalue weighted by atomic mass is 19.4. The Bertz CT molecular complexity index is 296. The van der Waals surface area contributed by atoms with Gasteiger partial charge in [-0.1, -0.05) is 12.1 Å². The number of aliphatic hydroxyl groups excluding tert-OH is 1. The van der Waals surface area contributed by atoms with Crippen molar-refractivity contribution in [3.8, 4) is 5.75 Å². The molecule has 0 fully saturated rings. The minimum atomic E-state index is -4.35. The van der Waals surface area contributed by atoms with Gasteiger partial charge in [0.25, 0.3) is 0 Å². The summed E-state index contributed by atoms with van der Waals surface area (Å²) in [4.78, 5) is 0. The molecule has 2 nitrogen and oxygen atoms in total. The molecule has 0 aromatic heterocycles. The summed E-state index contributed by atoms with van der Waals surface area (Å²) in [5.41, 5.74) is 0.393. The van der Waals surface area contributed by atoms with Crippen LogP contribution in [0.3, 0.4) is 0 Å². The molecule has 1 aromatic rings. The van der Waals surface area contributed by atoms with E-state index in [0.717, 1.165) is 6.61 Å². The molecule has 0 saturated carbocycles. The largest absolute Gasteiger partial charge is 0.484 e. The molecule has 0 saturated heterocycles. The van der Waals surface area contributed by atoms with Gasteiger partial charge < -0.3 is 9.84 Å². The second-order valence-corrected chi connectivity index (χ2v) is 2.61. The van der Waals surface area contributed by atoms with Gasteiger partial charge in [0.1, 0.15) is 12.4 Å². The Morgan fingerprint density at radius 3 is 2.64 bits per heavy atom. The van der Waals surface area contributed by atoms with E-state index in [0.29, 0.717) is 5.56 Å². The predicted molar refractivity (Wildman–Crippen MR) is 43.3 cm³/mol. The first-order chi connectivity index (χ1) is 6.51. The van der Waals surface area contributed by atoms with Crippen molar-refractivity contribution in [3.05, 3.63) is 36.4 Å². The Hall–Kier alpha value is -1.23. The van der Waals surface area contributed by atoms with Gasteiger partial charge in [-0.2, -0.15) is 13.2 Å². The first kappa shape index (κ1) is 10.8. The SMILES string of the molecule is O[CH]c1cccc(OCC(F)(F)F)c1. The normalized spacial score (nSPS) is 11.4. The average Bonchev–Trinajstić information content (AvgIpc) is 2.14. The monoisotopic (exact) mass is 205 g/mol. The number of aliphatic hydroxyl groups is 1. The van der Waals surface area contributed by atoms with Crippen LogP contribution >= 0.6 is 0 Å². The lowest BCUT2D eigenvalue weighted by Gasteiger charge is -2.09. The summed E-state index contributed by atoms with van der Waals surface area (Å²) in [7, 11) is 0. The zero-order valence-electron chi connectivity index (χ0n) is 7.08. The van der Waals surface area contributed by atoms with Gasteiger partial charge in [-0.15, -0.1) is 0 Å². The van der Waals surface area contributed by atoms with Crippen molar-refractivity contribution >= 4 is 0 Å². The minimum absolute atomic E-state index is 0.0742. The topological polar surface area (TPSA) is 29.5 Å². The highest BCUT2D eigenvalue weighted by Gasteiger charge is 2.28. The van der Waals surface area contributed by atoms with Crippen molar-refractivity contribution in [2.75, 3.05) is 6.61 Å². The number of hydrogen-bond donors (Lipinski definition) is 1. The Kier molecular flexibility index (Phi) is 3.35. The maximum atomic E-state index is 11.7. The Morgan fingerprint density at radius 2 is 2.07 bits per heavy atom. The fourth-order valence-electron chi connectivity index (χ4n) is 0.850. The zero-order chi connectivity index (χ0) is 10.6. The molecule has 0 heterocycles. The molecule has 1 radical (unpaired) electrons. The summed E-state index contributed by atoms with van der Waals surface area (Å²) < 4.78 is 39.7. The van der Waals surface area contributed by atoms with Crippen LogP contribution in [0.4, 0.5) is 13.2 Å².